The molecule has 1 rings (SSSR count). The zero-order chi connectivity index (χ0) is 10.7. The summed E-state index contributed by atoms with van der Waals surface area (Å²) in [5, 5.41) is 0. The monoisotopic (exact) mass is 258 g/mol. The van der Waals surface area contributed by atoms with Crippen LogP contribution in [0.3, 0.4) is 0 Å². The van der Waals surface area contributed by atoms with Gasteiger partial charge in [0.05, 0.1) is 4.47 Å². The van der Waals surface area contributed by atoms with E-state index in [0.29, 0.717) is 6.54 Å². The van der Waals surface area contributed by atoms with Crippen molar-refractivity contribution in [3.05, 3.63) is 16.5 Å². The predicted octanol–water partition coefficient (Wildman–Crippen LogP) is 1.33. The molecule has 1 aromatic heterocycles. The molecule has 0 bridgehead atoms. The molecular weight excluding hydrogens is 244 g/mol. The molecule has 5 heteroatoms. The molecule has 1 atom stereocenters. The predicted molar refractivity (Wildman–Crippen MR) is 61.4 cm³/mol. The van der Waals surface area contributed by atoms with Gasteiger partial charge in [0.1, 0.15) is 11.6 Å². The molecule has 0 aromatic carbocycles. The molecule has 0 aliphatic rings. The normalized spacial score (nSPS) is 12.6. The maximum atomic E-state index is 5.60. The topological polar surface area (TPSA) is 55.0 Å². The molecule has 2 N–H and O–H groups in total. The van der Waals surface area contributed by atoms with Gasteiger partial charge in [0.25, 0.3) is 0 Å². The van der Waals surface area contributed by atoms with E-state index in [1.54, 1.807) is 6.20 Å². The Kier molecular flexibility index (Phi) is 3.83. The second-order valence-corrected chi connectivity index (χ2v) is 4.14. The molecule has 0 radical (unpaired) electrons. The molecule has 0 fully saturated rings. The third-order valence-corrected chi connectivity index (χ3v) is 2.74. The van der Waals surface area contributed by atoms with E-state index in [4.69, 9.17) is 5.73 Å². The molecule has 4 nitrogen and oxygen atoms in total. The zero-order valence-corrected chi connectivity index (χ0v) is 10.2. The average molecular weight is 259 g/mol. The second-order valence-electron chi connectivity index (χ2n) is 3.28. The summed E-state index contributed by atoms with van der Waals surface area (Å²) in [6, 6.07) is 0.264. The maximum absolute atomic E-state index is 5.60. The standard InChI is InChI=1S/C9H15BrN4/c1-6(4-11)14(3)9-8(10)5-12-7(2)13-9/h5-6H,4,11H2,1-3H3. The average Bonchev–Trinajstić information content (AvgIpc) is 2.19. The zero-order valence-electron chi connectivity index (χ0n) is 8.66. The Morgan fingerprint density at radius 3 is 2.86 bits per heavy atom. The second kappa shape index (κ2) is 4.70. The van der Waals surface area contributed by atoms with Gasteiger partial charge >= 0.3 is 0 Å². The maximum Gasteiger partial charge on any atom is 0.146 e. The fourth-order valence-electron chi connectivity index (χ4n) is 1.06. The Balaban J connectivity index is 2.99. The molecule has 0 aliphatic carbocycles. The van der Waals surface area contributed by atoms with E-state index in [-0.39, 0.29) is 6.04 Å². The van der Waals surface area contributed by atoms with Crippen LogP contribution in [0.1, 0.15) is 12.7 Å². The van der Waals surface area contributed by atoms with Gasteiger partial charge in [0.15, 0.2) is 0 Å². The van der Waals surface area contributed by atoms with Crippen LogP contribution in [0.15, 0.2) is 10.7 Å². The van der Waals surface area contributed by atoms with E-state index in [9.17, 15) is 0 Å². The van der Waals surface area contributed by atoms with Crippen molar-refractivity contribution in [2.45, 2.75) is 19.9 Å². The van der Waals surface area contributed by atoms with Gasteiger partial charge in [-0.2, -0.15) is 0 Å². The summed E-state index contributed by atoms with van der Waals surface area (Å²) in [7, 11) is 1.98. The number of nitrogens with two attached hydrogens (primary N) is 1. The van der Waals surface area contributed by atoms with Crippen LogP contribution in [0.5, 0.6) is 0 Å². The summed E-state index contributed by atoms with van der Waals surface area (Å²) in [5.74, 6) is 1.65. The Hall–Kier alpha value is -0.680. The highest BCUT2D eigenvalue weighted by molar-refractivity contribution is 9.10. The van der Waals surface area contributed by atoms with Gasteiger partial charge in [-0.15, -0.1) is 0 Å². The molecule has 0 spiro atoms. The number of rotatable bonds is 3. The van der Waals surface area contributed by atoms with E-state index in [0.717, 1.165) is 16.1 Å². The highest BCUT2D eigenvalue weighted by atomic mass is 79.9. The lowest BCUT2D eigenvalue weighted by molar-refractivity contribution is 0.683. The van der Waals surface area contributed by atoms with Crippen LogP contribution >= 0.6 is 15.9 Å². The van der Waals surface area contributed by atoms with Crippen molar-refractivity contribution in [3.63, 3.8) is 0 Å². The number of aryl methyl sites for hydroxylation is 1. The number of anilines is 1. The number of likely N-dealkylation sites (N-methyl/N-ethyl adjacent to an activating group) is 1. The number of aromatic nitrogens is 2. The number of hydrogen-bond donors (Lipinski definition) is 1. The Bertz CT molecular complexity index is 316. The highest BCUT2D eigenvalue weighted by Crippen LogP contribution is 2.22. The van der Waals surface area contributed by atoms with E-state index < -0.39 is 0 Å². The highest BCUT2D eigenvalue weighted by Gasteiger charge is 2.13. The lowest BCUT2D eigenvalue weighted by atomic mass is 10.3. The van der Waals surface area contributed by atoms with Crippen molar-refractivity contribution < 1.29 is 0 Å². The van der Waals surface area contributed by atoms with Crippen LogP contribution in [-0.2, 0) is 0 Å². The summed E-state index contributed by atoms with van der Waals surface area (Å²) in [4.78, 5) is 10.5. The van der Waals surface area contributed by atoms with Gasteiger partial charge in [-0.25, -0.2) is 9.97 Å². The van der Waals surface area contributed by atoms with Gasteiger partial charge in [0.2, 0.25) is 0 Å². The van der Waals surface area contributed by atoms with Gasteiger partial charge in [-0.3, -0.25) is 0 Å². The molecule has 1 unspecified atom stereocenters. The van der Waals surface area contributed by atoms with Crippen molar-refractivity contribution in [1.82, 2.24) is 9.97 Å². The summed E-state index contributed by atoms with van der Waals surface area (Å²) >= 11 is 3.42. The van der Waals surface area contributed by atoms with Gasteiger partial charge in [0, 0.05) is 25.8 Å². The third-order valence-electron chi connectivity index (χ3n) is 2.18. The Labute approximate surface area is 92.7 Å². The molecule has 0 saturated carbocycles. The SMILES string of the molecule is Cc1ncc(Br)c(N(C)C(C)CN)n1. The lowest BCUT2D eigenvalue weighted by Gasteiger charge is -2.25. The molecule has 0 aliphatic heterocycles. The Morgan fingerprint density at radius 2 is 2.29 bits per heavy atom. The molecule has 0 saturated heterocycles. The Morgan fingerprint density at radius 1 is 1.64 bits per heavy atom. The molecule has 1 aromatic rings. The van der Waals surface area contributed by atoms with E-state index in [1.807, 2.05) is 18.9 Å². The van der Waals surface area contributed by atoms with Crippen molar-refractivity contribution in [1.29, 1.82) is 0 Å². The molecule has 1 heterocycles. The van der Waals surface area contributed by atoms with Gasteiger partial charge in [-0.05, 0) is 29.8 Å². The van der Waals surface area contributed by atoms with Gasteiger partial charge < -0.3 is 10.6 Å². The van der Waals surface area contributed by atoms with Crippen LogP contribution < -0.4 is 10.6 Å². The summed E-state index contributed by atoms with van der Waals surface area (Å²) in [6.45, 7) is 4.53. The van der Waals surface area contributed by atoms with Crippen molar-refractivity contribution >= 4 is 21.7 Å². The van der Waals surface area contributed by atoms with Gasteiger partial charge in [-0.1, -0.05) is 0 Å². The first-order chi connectivity index (χ1) is 6.56. The molecular formula is C9H15BrN4. The largest absolute Gasteiger partial charge is 0.355 e. The van der Waals surface area contributed by atoms with E-state index in [1.165, 1.54) is 0 Å². The minimum Gasteiger partial charge on any atom is -0.355 e. The van der Waals surface area contributed by atoms with Crippen molar-refractivity contribution in [3.8, 4) is 0 Å². The van der Waals surface area contributed by atoms with Crippen LogP contribution in [0.25, 0.3) is 0 Å². The van der Waals surface area contributed by atoms with Crippen LogP contribution in [0.4, 0.5) is 5.82 Å². The quantitative estimate of drug-likeness (QED) is 0.889. The van der Waals surface area contributed by atoms with E-state index in [2.05, 4.69) is 32.8 Å². The van der Waals surface area contributed by atoms with E-state index >= 15 is 0 Å². The summed E-state index contributed by atoms with van der Waals surface area (Å²) in [6.07, 6.45) is 1.76. The molecule has 78 valence electrons. The van der Waals surface area contributed by atoms with Crippen LogP contribution in [0, 0.1) is 6.92 Å². The number of nitrogens with zero attached hydrogens (tertiary/aromatic N) is 3. The first kappa shape index (κ1) is 11.4. The third kappa shape index (κ3) is 2.42. The molecule has 0 amide bonds. The number of halogens is 1. The summed E-state index contributed by atoms with van der Waals surface area (Å²) < 4.78 is 0.894. The lowest BCUT2D eigenvalue weighted by Crippen LogP contribution is -2.36. The fraction of sp³-hybridized carbons (Fsp3) is 0.556. The van der Waals surface area contributed by atoms with Crippen LogP contribution in [0.2, 0.25) is 0 Å². The van der Waals surface area contributed by atoms with Crippen LogP contribution in [-0.4, -0.2) is 29.6 Å². The van der Waals surface area contributed by atoms with Crippen molar-refractivity contribution in [2.24, 2.45) is 5.73 Å². The molecule has 14 heavy (non-hydrogen) atoms. The smallest absolute Gasteiger partial charge is 0.146 e. The minimum atomic E-state index is 0.264. The first-order valence-electron chi connectivity index (χ1n) is 4.48. The minimum absolute atomic E-state index is 0.264. The summed E-state index contributed by atoms with van der Waals surface area (Å²) in [5.41, 5.74) is 5.60. The first-order valence-corrected chi connectivity index (χ1v) is 5.27. The number of hydrogen-bond acceptors (Lipinski definition) is 4. The fourth-order valence-corrected chi connectivity index (χ4v) is 1.53. The van der Waals surface area contributed by atoms with Crippen molar-refractivity contribution in [2.75, 3.05) is 18.5 Å².